The summed E-state index contributed by atoms with van der Waals surface area (Å²) in [7, 11) is 0. The predicted octanol–water partition coefficient (Wildman–Crippen LogP) is 11.4. The third-order valence-electron chi connectivity index (χ3n) is 10.1. The van der Waals surface area contributed by atoms with Crippen LogP contribution in [0, 0.1) is 11.3 Å². The molecule has 7 nitrogen and oxygen atoms in total. The molecule has 0 unspecified atom stereocenters. The van der Waals surface area contributed by atoms with Crippen LogP contribution in [0.5, 0.6) is 0 Å². The van der Waals surface area contributed by atoms with Crippen molar-refractivity contribution in [1.82, 2.24) is 29.9 Å². The van der Waals surface area contributed by atoms with Gasteiger partial charge >= 0.3 is 0 Å². The van der Waals surface area contributed by atoms with E-state index in [0.29, 0.717) is 23.0 Å². The molecule has 0 N–H and O–H groups in total. The number of aromatic nitrogens is 6. The van der Waals surface area contributed by atoms with Gasteiger partial charge in [-0.25, -0.2) is 15.0 Å². The Morgan fingerprint density at radius 2 is 0.875 bits per heavy atom. The Morgan fingerprint density at radius 1 is 0.375 bits per heavy atom. The number of nitriles is 1. The monoisotopic (exact) mass is 715 g/mol. The van der Waals surface area contributed by atoms with E-state index >= 15 is 0 Å². The fraction of sp³-hybridized carbons (Fsp3) is 0. The Bertz CT molecular complexity index is 3100. The van der Waals surface area contributed by atoms with Crippen molar-refractivity contribution in [3.63, 3.8) is 0 Å². The van der Waals surface area contributed by atoms with E-state index in [4.69, 9.17) is 29.9 Å². The van der Waals surface area contributed by atoms with E-state index in [1.54, 1.807) is 0 Å². The van der Waals surface area contributed by atoms with Gasteiger partial charge in [0.05, 0.1) is 22.7 Å². The molecular weight excluding hydrogens is 687 g/mol. The Balaban J connectivity index is 1.11. The first-order valence-corrected chi connectivity index (χ1v) is 18.2. The molecule has 0 amide bonds. The van der Waals surface area contributed by atoms with Gasteiger partial charge in [0.25, 0.3) is 0 Å². The number of nitrogens with zero attached hydrogens (tertiary/aromatic N) is 7. The van der Waals surface area contributed by atoms with Crippen LogP contribution in [-0.2, 0) is 0 Å². The van der Waals surface area contributed by atoms with Crippen molar-refractivity contribution >= 4 is 32.6 Å². The van der Waals surface area contributed by atoms with Crippen molar-refractivity contribution in [2.24, 2.45) is 0 Å². The molecule has 0 fully saturated rings. The van der Waals surface area contributed by atoms with Crippen molar-refractivity contribution in [3.8, 4) is 73.6 Å². The van der Waals surface area contributed by atoms with E-state index in [0.717, 1.165) is 82.6 Å². The zero-order chi connectivity index (χ0) is 37.4. The fourth-order valence-corrected chi connectivity index (χ4v) is 7.42. The van der Waals surface area contributed by atoms with Gasteiger partial charge in [-0.3, -0.25) is 15.0 Å². The van der Waals surface area contributed by atoms with E-state index < -0.39 is 0 Å². The predicted molar refractivity (Wildman–Crippen MR) is 223 cm³/mol. The third kappa shape index (κ3) is 5.88. The fourth-order valence-electron chi connectivity index (χ4n) is 7.42. The maximum atomic E-state index is 9.64. The number of benzene rings is 6. The lowest BCUT2D eigenvalue weighted by atomic mass is 9.90. The van der Waals surface area contributed by atoms with Crippen molar-refractivity contribution in [2.75, 3.05) is 0 Å². The summed E-state index contributed by atoms with van der Waals surface area (Å²) in [6, 6.07) is 52.9. The lowest BCUT2D eigenvalue weighted by molar-refractivity contribution is 1.07. The molecule has 7 heteroatoms. The summed E-state index contributed by atoms with van der Waals surface area (Å²) in [6.07, 6.45) is 7.44. The van der Waals surface area contributed by atoms with Gasteiger partial charge < -0.3 is 0 Å². The van der Waals surface area contributed by atoms with Crippen LogP contribution in [0.25, 0.3) is 100 Å². The summed E-state index contributed by atoms with van der Waals surface area (Å²) in [4.78, 5) is 29.3. The van der Waals surface area contributed by atoms with Gasteiger partial charge in [0, 0.05) is 74.5 Å². The van der Waals surface area contributed by atoms with E-state index in [-0.39, 0.29) is 0 Å². The normalized spacial score (nSPS) is 11.2. The smallest absolute Gasteiger partial charge is 0.164 e. The number of pyridine rings is 3. The van der Waals surface area contributed by atoms with Gasteiger partial charge in [0.1, 0.15) is 0 Å². The van der Waals surface area contributed by atoms with Gasteiger partial charge in [0.15, 0.2) is 17.5 Å². The Morgan fingerprint density at radius 3 is 1.50 bits per heavy atom. The summed E-state index contributed by atoms with van der Waals surface area (Å²) in [6.45, 7) is 0. The molecule has 0 saturated heterocycles. The average Bonchev–Trinajstić information content (AvgIpc) is 3.29. The van der Waals surface area contributed by atoms with Gasteiger partial charge in [0.2, 0.25) is 0 Å². The summed E-state index contributed by atoms with van der Waals surface area (Å²) in [5, 5.41) is 13.8. The average molecular weight is 716 g/mol. The van der Waals surface area contributed by atoms with Gasteiger partial charge in [-0.1, -0.05) is 103 Å². The molecule has 0 radical (unpaired) electrons. The van der Waals surface area contributed by atoms with Crippen LogP contribution in [0.2, 0.25) is 0 Å². The topological polar surface area (TPSA) is 101 Å². The molecule has 0 aliphatic carbocycles. The highest BCUT2D eigenvalue weighted by molar-refractivity contribution is 6.22. The summed E-state index contributed by atoms with van der Waals surface area (Å²) < 4.78 is 0. The second-order valence-electron chi connectivity index (χ2n) is 13.5. The third-order valence-corrected chi connectivity index (χ3v) is 10.1. The Kier molecular flexibility index (Phi) is 8.05. The quantitative estimate of drug-likeness (QED) is 0.158. The first-order valence-electron chi connectivity index (χ1n) is 18.2. The molecule has 0 aliphatic heterocycles. The van der Waals surface area contributed by atoms with Crippen LogP contribution in [-0.4, -0.2) is 29.9 Å². The number of rotatable bonds is 6. The molecule has 0 aliphatic rings. The van der Waals surface area contributed by atoms with Gasteiger partial charge in [-0.15, -0.1) is 0 Å². The van der Waals surface area contributed by atoms with Crippen molar-refractivity contribution < 1.29 is 0 Å². The first-order chi connectivity index (χ1) is 27.7. The van der Waals surface area contributed by atoms with Crippen LogP contribution in [0.4, 0.5) is 0 Å². The molecule has 0 atom stereocenters. The highest BCUT2D eigenvalue weighted by Gasteiger charge is 2.18. The molecule has 10 rings (SSSR count). The lowest BCUT2D eigenvalue weighted by Gasteiger charge is -2.15. The number of hydrogen-bond donors (Lipinski definition) is 0. The first kappa shape index (κ1) is 32.7. The van der Waals surface area contributed by atoms with E-state index in [1.165, 1.54) is 0 Å². The molecule has 56 heavy (non-hydrogen) atoms. The van der Waals surface area contributed by atoms with Gasteiger partial charge in [-0.2, -0.15) is 5.26 Å². The number of hydrogen-bond acceptors (Lipinski definition) is 7. The lowest BCUT2D eigenvalue weighted by Crippen LogP contribution is -2.00. The summed E-state index contributed by atoms with van der Waals surface area (Å²) in [5.74, 6) is 1.82. The number of fused-ring (bicyclic) bond motifs is 5. The maximum Gasteiger partial charge on any atom is 0.164 e. The molecule has 4 heterocycles. The molecule has 10 aromatic rings. The molecule has 6 aromatic carbocycles. The van der Waals surface area contributed by atoms with Crippen molar-refractivity contribution in [1.29, 1.82) is 5.26 Å². The van der Waals surface area contributed by atoms with Crippen LogP contribution in [0.3, 0.4) is 0 Å². The zero-order valence-electron chi connectivity index (χ0n) is 29.9. The van der Waals surface area contributed by atoms with Crippen LogP contribution < -0.4 is 0 Å². The minimum atomic E-state index is 0.590. The van der Waals surface area contributed by atoms with Crippen LogP contribution >= 0.6 is 0 Å². The molecule has 0 saturated carbocycles. The van der Waals surface area contributed by atoms with Crippen molar-refractivity contribution in [2.45, 2.75) is 0 Å². The Hall–Kier alpha value is -7.95. The second-order valence-corrected chi connectivity index (χ2v) is 13.5. The SMILES string of the molecule is N#Cc1cccc(-c2cc3c4cccnc4c(-c4cncc(-c5cccc(-c6nc(-c7ccccc7)nc(-c7ccccc7)n6)c5)c4)cc3c3cccnc23)c1. The maximum absolute atomic E-state index is 9.64. The van der Waals surface area contributed by atoms with Crippen LogP contribution in [0.1, 0.15) is 5.56 Å². The molecule has 0 spiro atoms. The Labute approximate surface area is 322 Å². The minimum absolute atomic E-state index is 0.590. The molecule has 4 aromatic heterocycles. The molecular formula is C49H29N7. The van der Waals surface area contributed by atoms with E-state index in [9.17, 15) is 5.26 Å². The largest absolute Gasteiger partial charge is 0.263 e. The highest BCUT2D eigenvalue weighted by atomic mass is 15.0. The van der Waals surface area contributed by atoms with Crippen LogP contribution in [0.15, 0.2) is 176 Å². The van der Waals surface area contributed by atoms with Crippen molar-refractivity contribution in [3.05, 3.63) is 182 Å². The summed E-state index contributed by atoms with van der Waals surface area (Å²) in [5.41, 5.74) is 10.8. The van der Waals surface area contributed by atoms with E-state index in [1.807, 2.05) is 134 Å². The van der Waals surface area contributed by atoms with E-state index in [2.05, 4.69) is 48.5 Å². The standard InChI is InChI=1S/C49H29N7/c50-28-31-11-7-17-35(23-31)41-26-43-40-20-10-22-53-46(40)42(27-44(43)39-19-9-21-52-45(39)41)38-25-37(29-51-30-38)34-16-8-18-36(24-34)49-55-47(32-12-3-1-4-13-32)54-48(56-49)33-14-5-2-6-15-33/h1-27,29-30H. The minimum Gasteiger partial charge on any atom is -0.263 e. The zero-order valence-corrected chi connectivity index (χ0v) is 29.9. The highest BCUT2D eigenvalue weighted by Crippen LogP contribution is 2.41. The second kappa shape index (κ2) is 13.8. The molecule has 260 valence electrons. The molecule has 0 bridgehead atoms. The summed E-state index contributed by atoms with van der Waals surface area (Å²) >= 11 is 0. The van der Waals surface area contributed by atoms with Gasteiger partial charge in [-0.05, 0) is 70.4 Å².